The molecule has 0 heterocycles. The minimum absolute atomic E-state index is 0.0505. The Morgan fingerprint density at radius 1 is 1.12 bits per heavy atom. The van der Waals surface area contributed by atoms with Crippen LogP contribution >= 0.6 is 0 Å². The number of alkyl halides is 1. The number of carbonyl (C=O) groups is 1. The molecule has 0 aliphatic heterocycles. The Morgan fingerprint density at radius 3 is 2.28 bits per heavy atom. The van der Waals surface area contributed by atoms with E-state index in [0.717, 1.165) is 0 Å². The third-order valence-corrected chi connectivity index (χ3v) is 4.89. The van der Waals surface area contributed by atoms with Crippen molar-refractivity contribution in [1.29, 1.82) is 0 Å². The molecule has 0 saturated heterocycles. The number of hydrogen-bond acceptors (Lipinski definition) is 4. The number of sulfonamides is 1. The van der Waals surface area contributed by atoms with Gasteiger partial charge in [0.1, 0.15) is 6.67 Å². The number of benzene rings is 2. The maximum atomic E-state index is 12.8. The summed E-state index contributed by atoms with van der Waals surface area (Å²) in [6.07, 6.45) is 0. The first kappa shape index (κ1) is 18.7. The number of amides is 1. The number of nitrogens with one attached hydrogen (secondary N) is 2. The molecule has 0 saturated carbocycles. The highest BCUT2D eigenvalue weighted by atomic mass is 32.2. The fourth-order valence-electron chi connectivity index (χ4n) is 1.88. The van der Waals surface area contributed by atoms with Gasteiger partial charge in [0.25, 0.3) is 10.0 Å². The number of nitrogen functional groups attached to an aromatic ring is 1. The molecule has 0 spiro atoms. The zero-order valence-corrected chi connectivity index (χ0v) is 14.7. The number of nitrogens with two attached hydrogens (primary N) is 1. The Hall–Kier alpha value is -2.61. The zero-order chi connectivity index (χ0) is 18.7. The maximum Gasteiger partial charge on any atom is 0.261 e. The normalized spacial score (nSPS) is 11.8. The molecule has 134 valence electrons. The van der Waals surface area contributed by atoms with Gasteiger partial charge in [0.15, 0.2) is 0 Å². The fraction of sp³-hybridized carbons (Fsp3) is 0.235. The van der Waals surface area contributed by atoms with Crippen molar-refractivity contribution in [1.82, 2.24) is 0 Å². The SMILES string of the molecule is CC(C)(CF)C(=O)Nc1ccc(NS(=O)(=O)c2cccc(N)c2)cc1. The average molecular weight is 365 g/mol. The summed E-state index contributed by atoms with van der Waals surface area (Å²) in [7, 11) is -3.77. The molecule has 0 unspecified atom stereocenters. The lowest BCUT2D eigenvalue weighted by Crippen LogP contribution is -2.32. The Balaban J connectivity index is 2.11. The molecule has 2 aromatic rings. The van der Waals surface area contributed by atoms with Crippen LogP contribution in [0.2, 0.25) is 0 Å². The molecule has 0 fully saturated rings. The van der Waals surface area contributed by atoms with E-state index in [2.05, 4.69) is 10.0 Å². The van der Waals surface area contributed by atoms with E-state index in [9.17, 15) is 17.6 Å². The van der Waals surface area contributed by atoms with Crippen LogP contribution in [0, 0.1) is 5.41 Å². The molecule has 4 N–H and O–H groups in total. The third kappa shape index (κ3) is 4.69. The van der Waals surface area contributed by atoms with Gasteiger partial charge in [0.2, 0.25) is 5.91 Å². The summed E-state index contributed by atoms with van der Waals surface area (Å²) < 4.78 is 39.9. The molecule has 0 atom stereocenters. The lowest BCUT2D eigenvalue weighted by molar-refractivity contribution is -0.124. The average Bonchev–Trinajstić information content (AvgIpc) is 2.56. The van der Waals surface area contributed by atoms with E-state index in [1.54, 1.807) is 12.1 Å². The summed E-state index contributed by atoms with van der Waals surface area (Å²) in [5.41, 5.74) is 5.58. The van der Waals surface area contributed by atoms with Gasteiger partial charge in [0, 0.05) is 17.1 Å². The van der Waals surface area contributed by atoms with Gasteiger partial charge >= 0.3 is 0 Å². The summed E-state index contributed by atoms with van der Waals surface area (Å²) in [5, 5.41) is 2.59. The predicted molar refractivity (Wildman–Crippen MR) is 96.5 cm³/mol. The van der Waals surface area contributed by atoms with E-state index in [-0.39, 0.29) is 4.90 Å². The van der Waals surface area contributed by atoms with E-state index in [1.165, 1.54) is 50.2 Å². The minimum Gasteiger partial charge on any atom is -0.399 e. The van der Waals surface area contributed by atoms with Crippen LogP contribution in [-0.2, 0) is 14.8 Å². The summed E-state index contributed by atoms with van der Waals surface area (Å²) in [6, 6.07) is 12.0. The molecule has 2 rings (SSSR count). The summed E-state index contributed by atoms with van der Waals surface area (Å²) in [5.74, 6) is -0.455. The van der Waals surface area contributed by atoms with Gasteiger partial charge in [-0.3, -0.25) is 9.52 Å². The Morgan fingerprint density at radius 2 is 1.72 bits per heavy atom. The zero-order valence-electron chi connectivity index (χ0n) is 13.9. The first-order valence-corrected chi connectivity index (χ1v) is 8.98. The standard InChI is InChI=1S/C17H20FN3O3S/c1-17(2,11-18)16(22)20-13-6-8-14(9-7-13)21-25(23,24)15-5-3-4-12(19)10-15/h3-10,21H,11,19H2,1-2H3,(H,20,22). The minimum atomic E-state index is -3.77. The summed E-state index contributed by atoms with van der Waals surface area (Å²) in [6.45, 7) is 2.21. The summed E-state index contributed by atoms with van der Waals surface area (Å²) >= 11 is 0. The van der Waals surface area contributed by atoms with E-state index in [1.807, 2.05) is 0 Å². The van der Waals surface area contributed by atoms with Gasteiger partial charge in [-0.15, -0.1) is 0 Å². The van der Waals surface area contributed by atoms with Crippen molar-refractivity contribution in [3.8, 4) is 0 Å². The molecule has 6 nitrogen and oxygen atoms in total. The van der Waals surface area contributed by atoms with Crippen LogP contribution in [0.4, 0.5) is 21.5 Å². The highest BCUT2D eigenvalue weighted by molar-refractivity contribution is 7.92. The van der Waals surface area contributed by atoms with Crippen LogP contribution in [0.3, 0.4) is 0 Å². The van der Waals surface area contributed by atoms with Crippen molar-refractivity contribution < 1.29 is 17.6 Å². The quantitative estimate of drug-likeness (QED) is 0.685. The molecule has 2 aromatic carbocycles. The van der Waals surface area contributed by atoms with Crippen molar-refractivity contribution in [2.24, 2.45) is 5.41 Å². The highest BCUT2D eigenvalue weighted by Crippen LogP contribution is 2.22. The molecule has 25 heavy (non-hydrogen) atoms. The first-order valence-electron chi connectivity index (χ1n) is 7.50. The number of rotatable bonds is 6. The smallest absolute Gasteiger partial charge is 0.261 e. The molecule has 0 bridgehead atoms. The molecule has 8 heteroatoms. The topological polar surface area (TPSA) is 101 Å². The molecule has 1 amide bonds. The number of anilines is 3. The van der Waals surface area contributed by atoms with Crippen molar-refractivity contribution in [3.05, 3.63) is 48.5 Å². The maximum absolute atomic E-state index is 12.8. The monoisotopic (exact) mass is 365 g/mol. The van der Waals surface area contributed by atoms with Crippen LogP contribution < -0.4 is 15.8 Å². The third-order valence-electron chi connectivity index (χ3n) is 3.51. The first-order chi connectivity index (χ1) is 11.6. The van der Waals surface area contributed by atoms with Crippen LogP contribution in [0.25, 0.3) is 0 Å². The fourth-order valence-corrected chi connectivity index (χ4v) is 2.99. The Labute approximate surface area is 146 Å². The number of carbonyl (C=O) groups excluding carboxylic acids is 1. The van der Waals surface area contributed by atoms with Crippen LogP contribution in [0.15, 0.2) is 53.4 Å². The predicted octanol–water partition coefficient (Wildman–Crippen LogP) is 3.00. The van der Waals surface area contributed by atoms with Gasteiger partial charge in [0.05, 0.1) is 10.3 Å². The molecule has 0 aromatic heterocycles. The second kappa shape index (κ2) is 7.10. The van der Waals surface area contributed by atoms with Gasteiger partial charge in [-0.05, 0) is 56.3 Å². The van der Waals surface area contributed by atoms with Crippen LogP contribution in [0.1, 0.15) is 13.8 Å². The lowest BCUT2D eigenvalue weighted by atomic mass is 9.94. The van der Waals surface area contributed by atoms with Gasteiger partial charge < -0.3 is 11.1 Å². The van der Waals surface area contributed by atoms with Crippen LogP contribution in [-0.4, -0.2) is 21.0 Å². The van der Waals surface area contributed by atoms with Gasteiger partial charge in [-0.1, -0.05) is 6.07 Å². The van der Waals surface area contributed by atoms with E-state index in [0.29, 0.717) is 17.1 Å². The van der Waals surface area contributed by atoms with Gasteiger partial charge in [-0.25, -0.2) is 12.8 Å². The van der Waals surface area contributed by atoms with Crippen molar-refractivity contribution >= 4 is 33.0 Å². The van der Waals surface area contributed by atoms with Gasteiger partial charge in [-0.2, -0.15) is 0 Å². The molecular weight excluding hydrogens is 345 g/mol. The van der Waals surface area contributed by atoms with Crippen molar-refractivity contribution in [3.63, 3.8) is 0 Å². The number of hydrogen-bond donors (Lipinski definition) is 3. The Bertz CT molecular complexity index is 865. The molecule has 0 aliphatic carbocycles. The molecule has 0 aliphatic rings. The number of halogens is 1. The van der Waals surface area contributed by atoms with E-state index >= 15 is 0 Å². The largest absolute Gasteiger partial charge is 0.399 e. The lowest BCUT2D eigenvalue weighted by Gasteiger charge is -2.19. The van der Waals surface area contributed by atoms with Crippen molar-refractivity contribution in [2.75, 3.05) is 22.4 Å². The Kier molecular flexibility index (Phi) is 5.32. The molecular formula is C17H20FN3O3S. The van der Waals surface area contributed by atoms with Crippen LogP contribution in [0.5, 0.6) is 0 Å². The second-order valence-electron chi connectivity index (χ2n) is 6.23. The second-order valence-corrected chi connectivity index (χ2v) is 7.91. The van der Waals surface area contributed by atoms with E-state index < -0.39 is 28.0 Å². The van der Waals surface area contributed by atoms with E-state index in [4.69, 9.17) is 5.73 Å². The summed E-state index contributed by atoms with van der Waals surface area (Å²) in [4.78, 5) is 12.0. The van der Waals surface area contributed by atoms with Crippen molar-refractivity contribution in [2.45, 2.75) is 18.7 Å². The molecule has 0 radical (unpaired) electrons. The highest BCUT2D eigenvalue weighted by Gasteiger charge is 2.27.